The molecular formula is C10H21NO. The maximum atomic E-state index is 5.31. The van der Waals surface area contributed by atoms with Gasteiger partial charge in [0.05, 0.1) is 0 Å². The van der Waals surface area contributed by atoms with E-state index in [4.69, 9.17) is 4.74 Å². The van der Waals surface area contributed by atoms with E-state index in [1.807, 2.05) is 0 Å². The van der Waals surface area contributed by atoms with Gasteiger partial charge in [0.15, 0.2) is 0 Å². The molecule has 1 fully saturated rings. The Balaban J connectivity index is 1.98. The van der Waals surface area contributed by atoms with Gasteiger partial charge >= 0.3 is 0 Å². The van der Waals surface area contributed by atoms with E-state index in [0.29, 0.717) is 0 Å². The Morgan fingerprint density at radius 2 is 2.33 bits per heavy atom. The Kier molecular flexibility index (Phi) is 4.62. The molecule has 1 aliphatic rings. The fourth-order valence-corrected chi connectivity index (χ4v) is 1.91. The van der Waals surface area contributed by atoms with E-state index in [1.165, 1.54) is 32.2 Å². The first-order chi connectivity index (χ1) is 5.84. The van der Waals surface area contributed by atoms with Crippen LogP contribution in [0.25, 0.3) is 0 Å². The Labute approximate surface area is 75.9 Å². The van der Waals surface area contributed by atoms with Crippen molar-refractivity contribution in [1.82, 2.24) is 4.90 Å². The van der Waals surface area contributed by atoms with Gasteiger partial charge in [0, 0.05) is 19.3 Å². The second-order valence-corrected chi connectivity index (χ2v) is 3.62. The van der Waals surface area contributed by atoms with Crippen molar-refractivity contribution in [1.29, 1.82) is 0 Å². The average molecular weight is 171 g/mol. The predicted molar refractivity (Wildman–Crippen MR) is 51.4 cm³/mol. The molecule has 0 bridgehead atoms. The third-order valence-electron chi connectivity index (χ3n) is 2.70. The molecule has 0 amide bonds. The van der Waals surface area contributed by atoms with Crippen LogP contribution >= 0.6 is 0 Å². The molecule has 1 saturated heterocycles. The number of nitrogens with zero attached hydrogens (tertiary/aromatic N) is 1. The third-order valence-corrected chi connectivity index (χ3v) is 2.70. The van der Waals surface area contributed by atoms with Crippen LogP contribution in [-0.2, 0) is 4.74 Å². The molecule has 0 aliphatic carbocycles. The van der Waals surface area contributed by atoms with Crippen molar-refractivity contribution in [3.05, 3.63) is 0 Å². The summed E-state index contributed by atoms with van der Waals surface area (Å²) in [6, 6.07) is 0.838. The van der Waals surface area contributed by atoms with E-state index in [0.717, 1.165) is 19.3 Å². The highest BCUT2D eigenvalue weighted by atomic mass is 16.5. The number of hydrogen-bond acceptors (Lipinski definition) is 2. The second-order valence-electron chi connectivity index (χ2n) is 3.62. The Hall–Kier alpha value is -0.0800. The van der Waals surface area contributed by atoms with Crippen LogP contribution in [0.1, 0.15) is 32.6 Å². The second kappa shape index (κ2) is 5.55. The number of rotatable bonds is 5. The van der Waals surface area contributed by atoms with E-state index in [-0.39, 0.29) is 0 Å². The van der Waals surface area contributed by atoms with Crippen LogP contribution in [0, 0.1) is 0 Å². The van der Waals surface area contributed by atoms with Gasteiger partial charge in [-0.05, 0) is 46.2 Å². The van der Waals surface area contributed by atoms with Gasteiger partial charge in [-0.3, -0.25) is 0 Å². The first-order valence-corrected chi connectivity index (χ1v) is 5.12. The van der Waals surface area contributed by atoms with Gasteiger partial charge in [-0.2, -0.15) is 0 Å². The van der Waals surface area contributed by atoms with Gasteiger partial charge in [-0.25, -0.2) is 0 Å². The molecule has 0 spiro atoms. The Bertz CT molecular complexity index is 116. The van der Waals surface area contributed by atoms with Crippen LogP contribution in [0.4, 0.5) is 0 Å². The summed E-state index contributed by atoms with van der Waals surface area (Å²) >= 11 is 0. The summed E-state index contributed by atoms with van der Waals surface area (Å²) in [4.78, 5) is 2.48. The van der Waals surface area contributed by atoms with Crippen LogP contribution in [0.5, 0.6) is 0 Å². The molecule has 0 aromatic carbocycles. The first-order valence-electron chi connectivity index (χ1n) is 5.12. The maximum absolute atomic E-state index is 5.31. The lowest BCUT2D eigenvalue weighted by Crippen LogP contribution is -2.24. The fourth-order valence-electron chi connectivity index (χ4n) is 1.91. The molecule has 0 aromatic rings. The number of ether oxygens (including phenoxy) is 1. The standard InChI is InChI=1S/C10H21NO/c1-3-12-9-5-7-10-6-4-8-11(10)2/h10H,3-9H2,1-2H3/t10-/m1/s1. The first kappa shape index (κ1) is 10.0. The normalized spacial score (nSPS) is 25.0. The maximum Gasteiger partial charge on any atom is 0.0466 e. The van der Waals surface area contributed by atoms with Crippen molar-refractivity contribution in [3.63, 3.8) is 0 Å². The zero-order chi connectivity index (χ0) is 8.81. The Morgan fingerprint density at radius 3 is 2.92 bits per heavy atom. The SMILES string of the molecule is CCOCCC[C@H]1CCCN1C. The third kappa shape index (κ3) is 3.11. The highest BCUT2D eigenvalue weighted by Gasteiger charge is 2.19. The van der Waals surface area contributed by atoms with E-state index < -0.39 is 0 Å². The van der Waals surface area contributed by atoms with E-state index >= 15 is 0 Å². The van der Waals surface area contributed by atoms with Gasteiger partial charge in [0.25, 0.3) is 0 Å². The summed E-state index contributed by atoms with van der Waals surface area (Å²) in [7, 11) is 2.23. The van der Waals surface area contributed by atoms with Gasteiger partial charge in [-0.15, -0.1) is 0 Å². The van der Waals surface area contributed by atoms with Crippen molar-refractivity contribution in [2.24, 2.45) is 0 Å². The van der Waals surface area contributed by atoms with Crippen molar-refractivity contribution in [2.45, 2.75) is 38.6 Å². The van der Waals surface area contributed by atoms with E-state index in [9.17, 15) is 0 Å². The monoisotopic (exact) mass is 171 g/mol. The summed E-state index contributed by atoms with van der Waals surface area (Å²) in [5, 5.41) is 0. The number of likely N-dealkylation sites (tertiary alicyclic amines) is 1. The summed E-state index contributed by atoms with van der Waals surface area (Å²) in [5.74, 6) is 0. The minimum absolute atomic E-state index is 0.838. The topological polar surface area (TPSA) is 12.5 Å². The smallest absolute Gasteiger partial charge is 0.0466 e. The summed E-state index contributed by atoms with van der Waals surface area (Å²) in [6.07, 6.45) is 5.32. The van der Waals surface area contributed by atoms with Crippen LogP contribution in [0.15, 0.2) is 0 Å². The van der Waals surface area contributed by atoms with Crippen LogP contribution in [0.3, 0.4) is 0 Å². The molecule has 12 heavy (non-hydrogen) atoms. The van der Waals surface area contributed by atoms with Crippen molar-refractivity contribution in [2.75, 3.05) is 26.8 Å². The quantitative estimate of drug-likeness (QED) is 0.586. The molecule has 72 valence electrons. The summed E-state index contributed by atoms with van der Waals surface area (Å²) in [6.45, 7) is 5.16. The molecule has 0 saturated carbocycles. The van der Waals surface area contributed by atoms with Gasteiger partial charge in [0.2, 0.25) is 0 Å². The molecule has 1 rings (SSSR count). The molecule has 0 N–H and O–H groups in total. The zero-order valence-electron chi connectivity index (χ0n) is 8.38. The van der Waals surface area contributed by atoms with Crippen LogP contribution in [-0.4, -0.2) is 37.7 Å². The van der Waals surface area contributed by atoms with Crippen LogP contribution in [0.2, 0.25) is 0 Å². The molecule has 0 unspecified atom stereocenters. The molecular weight excluding hydrogens is 150 g/mol. The van der Waals surface area contributed by atoms with Crippen molar-refractivity contribution >= 4 is 0 Å². The van der Waals surface area contributed by atoms with Gasteiger partial charge in [0.1, 0.15) is 0 Å². The van der Waals surface area contributed by atoms with Gasteiger partial charge < -0.3 is 9.64 Å². The summed E-state index contributed by atoms with van der Waals surface area (Å²) in [5.41, 5.74) is 0. The average Bonchev–Trinajstić information content (AvgIpc) is 2.46. The molecule has 1 heterocycles. The lowest BCUT2D eigenvalue weighted by atomic mass is 10.1. The minimum Gasteiger partial charge on any atom is -0.382 e. The molecule has 2 heteroatoms. The highest BCUT2D eigenvalue weighted by molar-refractivity contribution is 4.75. The fraction of sp³-hybridized carbons (Fsp3) is 1.00. The molecule has 0 radical (unpaired) electrons. The lowest BCUT2D eigenvalue weighted by Gasteiger charge is -2.18. The van der Waals surface area contributed by atoms with Crippen LogP contribution < -0.4 is 0 Å². The number of hydrogen-bond donors (Lipinski definition) is 0. The predicted octanol–water partition coefficient (Wildman–Crippen LogP) is 1.90. The molecule has 1 aliphatic heterocycles. The summed E-state index contributed by atoms with van der Waals surface area (Å²) < 4.78 is 5.31. The molecule has 1 atom stereocenters. The minimum atomic E-state index is 0.838. The zero-order valence-corrected chi connectivity index (χ0v) is 8.38. The van der Waals surface area contributed by atoms with Crippen molar-refractivity contribution in [3.8, 4) is 0 Å². The molecule has 2 nitrogen and oxygen atoms in total. The van der Waals surface area contributed by atoms with E-state index in [2.05, 4.69) is 18.9 Å². The molecule has 0 aromatic heterocycles. The lowest BCUT2D eigenvalue weighted by molar-refractivity contribution is 0.136. The largest absolute Gasteiger partial charge is 0.382 e. The van der Waals surface area contributed by atoms with E-state index in [1.54, 1.807) is 0 Å². The van der Waals surface area contributed by atoms with Crippen molar-refractivity contribution < 1.29 is 4.74 Å². The Morgan fingerprint density at radius 1 is 1.50 bits per heavy atom. The van der Waals surface area contributed by atoms with Gasteiger partial charge in [-0.1, -0.05) is 0 Å². The highest BCUT2D eigenvalue weighted by Crippen LogP contribution is 2.18.